The number of carbonyl (C=O) groups excluding carboxylic acids is 2. The van der Waals surface area contributed by atoms with Gasteiger partial charge in [0.2, 0.25) is 0 Å². The molecule has 0 fully saturated rings. The number of hydrogen-bond acceptors (Lipinski definition) is 8. The van der Waals surface area contributed by atoms with E-state index in [2.05, 4.69) is 10.3 Å². The van der Waals surface area contributed by atoms with Crippen LogP contribution in [0, 0.1) is 10.1 Å². The molecule has 0 radical (unpaired) electrons. The molecule has 0 saturated heterocycles. The molecule has 0 amide bonds. The summed E-state index contributed by atoms with van der Waals surface area (Å²) in [5.41, 5.74) is 4.52. The van der Waals surface area contributed by atoms with Crippen LogP contribution < -0.4 is 5.32 Å². The monoisotopic (exact) mass is 630 g/mol. The number of benzene rings is 3. The Labute approximate surface area is 272 Å². The first kappa shape index (κ1) is 32.4. The van der Waals surface area contributed by atoms with E-state index >= 15 is 0 Å². The van der Waals surface area contributed by atoms with E-state index in [1.54, 1.807) is 44.6 Å². The quantitative estimate of drug-likeness (QED) is 0.106. The Bertz CT molecular complexity index is 1860. The van der Waals surface area contributed by atoms with Gasteiger partial charge in [-0.05, 0) is 48.3 Å². The second kappa shape index (κ2) is 15.3. The van der Waals surface area contributed by atoms with Crippen LogP contribution in [0.2, 0.25) is 0 Å². The van der Waals surface area contributed by atoms with Gasteiger partial charge in [0, 0.05) is 42.5 Å². The molecule has 3 aromatic carbocycles. The smallest absolute Gasteiger partial charge is 0.337 e. The summed E-state index contributed by atoms with van der Waals surface area (Å²) in [6.45, 7) is 4.08. The van der Waals surface area contributed by atoms with Crippen LogP contribution in [0.4, 0.5) is 5.69 Å². The third-order valence-corrected chi connectivity index (χ3v) is 7.56. The van der Waals surface area contributed by atoms with Crippen LogP contribution in [0.25, 0.3) is 12.2 Å². The topological polar surface area (TPSA) is 126 Å². The minimum Gasteiger partial charge on any atom is -0.458 e. The number of nitro groups is 1. The third-order valence-electron chi connectivity index (χ3n) is 7.56. The summed E-state index contributed by atoms with van der Waals surface area (Å²) in [5.74, 6) is -2.27. The summed E-state index contributed by atoms with van der Waals surface area (Å²) in [6.07, 6.45) is 12.5. The van der Waals surface area contributed by atoms with E-state index in [9.17, 15) is 19.7 Å². The Kier molecular flexibility index (Phi) is 10.5. The summed E-state index contributed by atoms with van der Waals surface area (Å²) in [4.78, 5) is 42.4. The molecule has 5 rings (SSSR count). The molecule has 10 heteroatoms. The average Bonchev–Trinajstić information content (AvgIpc) is 3.59. The number of allylic oxidation sites excluding steroid dienone is 2. The van der Waals surface area contributed by atoms with E-state index in [-0.39, 0.29) is 30.0 Å². The molecule has 0 bridgehead atoms. The lowest BCUT2D eigenvalue weighted by Gasteiger charge is -2.30. The lowest BCUT2D eigenvalue weighted by Crippen LogP contribution is -2.32. The fraction of sp³-hybridized carbons (Fsp3) is 0.162. The molecule has 4 aromatic rings. The number of ether oxygens (including phenoxy) is 2. The molecule has 1 aliphatic rings. The van der Waals surface area contributed by atoms with Crippen molar-refractivity contribution >= 4 is 29.8 Å². The van der Waals surface area contributed by atoms with Crippen molar-refractivity contribution in [2.24, 2.45) is 0 Å². The zero-order valence-corrected chi connectivity index (χ0v) is 26.0. The second-order valence-electron chi connectivity index (χ2n) is 10.9. The van der Waals surface area contributed by atoms with Crippen LogP contribution in [0.15, 0.2) is 132 Å². The van der Waals surface area contributed by atoms with Gasteiger partial charge in [0.1, 0.15) is 13.2 Å². The molecule has 10 nitrogen and oxygen atoms in total. The van der Waals surface area contributed by atoms with Gasteiger partial charge >= 0.3 is 11.9 Å². The molecule has 238 valence electrons. The fourth-order valence-electron chi connectivity index (χ4n) is 5.35. The average molecular weight is 631 g/mol. The molecule has 0 saturated carbocycles. The molecule has 0 aliphatic carbocycles. The van der Waals surface area contributed by atoms with Crippen molar-refractivity contribution in [1.29, 1.82) is 0 Å². The van der Waals surface area contributed by atoms with Gasteiger partial charge in [-0.15, -0.1) is 0 Å². The van der Waals surface area contributed by atoms with Gasteiger partial charge in [0.05, 0.1) is 28.3 Å². The largest absolute Gasteiger partial charge is 0.458 e. The van der Waals surface area contributed by atoms with E-state index < -0.39 is 22.8 Å². The number of esters is 2. The van der Waals surface area contributed by atoms with Gasteiger partial charge < -0.3 is 19.4 Å². The van der Waals surface area contributed by atoms with E-state index in [1.165, 1.54) is 18.2 Å². The van der Waals surface area contributed by atoms with Crippen LogP contribution >= 0.6 is 0 Å². The van der Waals surface area contributed by atoms with Gasteiger partial charge in [0.25, 0.3) is 5.69 Å². The minimum absolute atomic E-state index is 0.00994. The van der Waals surface area contributed by atoms with Crippen molar-refractivity contribution in [2.75, 3.05) is 13.2 Å². The molecule has 1 unspecified atom stereocenters. The predicted molar refractivity (Wildman–Crippen MR) is 179 cm³/mol. The Morgan fingerprint density at radius 1 is 0.872 bits per heavy atom. The first-order valence-electron chi connectivity index (χ1n) is 15.0. The summed E-state index contributed by atoms with van der Waals surface area (Å²) < 4.78 is 13.2. The SMILES string of the molecule is CC1=C(C(=O)OCC=Cc2ccc(Cn3ccnc3)cc2)C(c2cccc([N+](=O)[O-])c2)C(C(=O)OC/C=C/c2ccccc2)=C(C)N1. The number of rotatable bonds is 12. The Balaban J connectivity index is 1.32. The van der Waals surface area contributed by atoms with Crippen molar-refractivity contribution in [1.82, 2.24) is 14.9 Å². The van der Waals surface area contributed by atoms with Crippen LogP contribution in [0.1, 0.15) is 42.0 Å². The molecule has 2 heterocycles. The number of dihydropyridines is 1. The number of non-ortho nitro benzene ring substituents is 1. The third kappa shape index (κ3) is 8.37. The fourth-order valence-corrected chi connectivity index (χ4v) is 5.35. The molecular formula is C37H34N4O6. The summed E-state index contributed by atoms with van der Waals surface area (Å²) in [7, 11) is 0. The van der Waals surface area contributed by atoms with Gasteiger partial charge in [-0.25, -0.2) is 14.6 Å². The minimum atomic E-state index is -0.957. The van der Waals surface area contributed by atoms with E-state index in [1.807, 2.05) is 77.5 Å². The van der Waals surface area contributed by atoms with Gasteiger partial charge in [0.15, 0.2) is 0 Å². The zero-order chi connectivity index (χ0) is 33.2. The first-order chi connectivity index (χ1) is 22.8. The van der Waals surface area contributed by atoms with Gasteiger partial charge in [-0.3, -0.25) is 10.1 Å². The number of nitrogens with zero attached hydrogens (tertiary/aromatic N) is 3. The Hall–Kier alpha value is -6.03. The van der Waals surface area contributed by atoms with E-state index in [0.717, 1.165) is 16.7 Å². The molecule has 47 heavy (non-hydrogen) atoms. The standard InChI is InChI=1S/C37H34N4O6/c1-26-33(36(42)46-21-7-11-28-9-4-3-5-10-28)35(31-13-6-14-32(23-31)41(44)45)34(27(2)39-26)37(43)47-22-8-12-29-15-17-30(18-16-29)24-40-20-19-38-25-40/h3-20,23,25,35,39H,21-22,24H2,1-2H3/b11-7+,12-8?. The van der Waals surface area contributed by atoms with E-state index in [4.69, 9.17) is 9.47 Å². The van der Waals surface area contributed by atoms with Crippen molar-refractivity contribution in [3.63, 3.8) is 0 Å². The number of aromatic nitrogens is 2. The molecule has 1 aromatic heterocycles. The van der Waals surface area contributed by atoms with E-state index in [0.29, 0.717) is 23.5 Å². The van der Waals surface area contributed by atoms with Gasteiger partial charge in [-0.2, -0.15) is 0 Å². The lowest BCUT2D eigenvalue weighted by molar-refractivity contribution is -0.384. The van der Waals surface area contributed by atoms with Crippen LogP contribution in [-0.4, -0.2) is 39.6 Å². The second-order valence-corrected chi connectivity index (χ2v) is 10.9. The lowest BCUT2D eigenvalue weighted by atomic mass is 9.80. The van der Waals surface area contributed by atoms with Crippen LogP contribution in [0.3, 0.4) is 0 Å². The number of nitrogens with one attached hydrogen (secondary N) is 1. The summed E-state index contributed by atoms with van der Waals surface area (Å²) in [6, 6.07) is 23.5. The zero-order valence-electron chi connectivity index (χ0n) is 26.0. The van der Waals surface area contributed by atoms with Gasteiger partial charge in [-0.1, -0.05) is 78.9 Å². The van der Waals surface area contributed by atoms with Crippen LogP contribution in [-0.2, 0) is 25.6 Å². The summed E-state index contributed by atoms with van der Waals surface area (Å²) in [5, 5.41) is 14.7. The predicted octanol–water partition coefficient (Wildman–Crippen LogP) is 6.59. The number of hydrogen-bond donors (Lipinski definition) is 1. The highest BCUT2D eigenvalue weighted by Gasteiger charge is 2.38. The number of carbonyl (C=O) groups is 2. The maximum Gasteiger partial charge on any atom is 0.337 e. The Morgan fingerprint density at radius 2 is 1.49 bits per heavy atom. The highest BCUT2D eigenvalue weighted by atomic mass is 16.6. The molecular weight excluding hydrogens is 596 g/mol. The number of imidazole rings is 1. The maximum atomic E-state index is 13.6. The Morgan fingerprint density at radius 3 is 2.06 bits per heavy atom. The molecule has 1 N–H and O–H groups in total. The first-order valence-corrected chi connectivity index (χ1v) is 15.0. The maximum absolute atomic E-state index is 13.6. The van der Waals surface area contributed by atoms with Crippen molar-refractivity contribution < 1.29 is 24.0 Å². The van der Waals surface area contributed by atoms with Crippen molar-refractivity contribution in [3.8, 4) is 0 Å². The van der Waals surface area contributed by atoms with Crippen molar-refractivity contribution in [3.05, 3.63) is 165 Å². The van der Waals surface area contributed by atoms with Crippen LogP contribution in [0.5, 0.6) is 0 Å². The molecule has 1 atom stereocenters. The summed E-state index contributed by atoms with van der Waals surface area (Å²) >= 11 is 0. The normalized spacial score (nSPS) is 14.8. The highest BCUT2D eigenvalue weighted by Crippen LogP contribution is 2.40. The number of nitro benzene ring substituents is 1. The van der Waals surface area contributed by atoms with Crippen molar-refractivity contribution in [2.45, 2.75) is 26.3 Å². The molecule has 0 spiro atoms. The highest BCUT2D eigenvalue weighted by molar-refractivity contribution is 6.00. The molecule has 1 aliphatic heterocycles.